The molecule has 2 aliphatic rings. The topological polar surface area (TPSA) is 83.6 Å². The van der Waals surface area contributed by atoms with Gasteiger partial charge in [-0.2, -0.15) is 0 Å². The summed E-state index contributed by atoms with van der Waals surface area (Å²) in [6.45, 7) is 5.48. The maximum atomic E-state index is 12.5. The van der Waals surface area contributed by atoms with Crippen LogP contribution >= 0.6 is 0 Å². The van der Waals surface area contributed by atoms with E-state index >= 15 is 0 Å². The summed E-state index contributed by atoms with van der Waals surface area (Å²) >= 11 is 0. The Kier molecular flexibility index (Phi) is 4.09. The minimum absolute atomic E-state index is 0.0220. The Morgan fingerprint density at radius 3 is 2.25 bits per heavy atom. The molecule has 0 aromatic rings. The minimum Gasteiger partial charge on any atom is -0.342 e. The molecule has 0 saturated carbocycles. The molecule has 0 bridgehead atoms. The highest BCUT2D eigenvalue weighted by Crippen LogP contribution is 2.25. The molecule has 2 unspecified atom stereocenters. The normalized spacial score (nSPS) is 31.5. The fraction of sp³-hybridized carbons (Fsp3) is 0.846. The lowest BCUT2D eigenvalue weighted by Crippen LogP contribution is -2.66. The standard InChI is InChI=1S/C13H22N2O4S/c1-8(2)11-13(17)15(9(3)12(16)14-11)10-4-6-20(18,19)7-5-10/h8-11H,4-7H2,1-3H3,(H,14,16). The number of rotatable bonds is 2. The van der Waals surface area contributed by atoms with E-state index in [4.69, 9.17) is 0 Å². The number of sulfone groups is 1. The second-order valence-electron chi connectivity index (χ2n) is 6.03. The number of hydrogen-bond donors (Lipinski definition) is 1. The van der Waals surface area contributed by atoms with Crippen LogP contribution in [0.25, 0.3) is 0 Å². The van der Waals surface area contributed by atoms with E-state index in [-0.39, 0.29) is 35.3 Å². The van der Waals surface area contributed by atoms with Gasteiger partial charge in [-0.05, 0) is 25.7 Å². The molecule has 0 aliphatic carbocycles. The van der Waals surface area contributed by atoms with E-state index in [9.17, 15) is 18.0 Å². The number of hydrogen-bond acceptors (Lipinski definition) is 4. The molecule has 114 valence electrons. The van der Waals surface area contributed by atoms with E-state index in [0.717, 1.165) is 0 Å². The molecule has 2 rings (SSSR count). The number of piperazine rings is 1. The third-order valence-corrected chi connectivity index (χ3v) is 5.91. The van der Waals surface area contributed by atoms with Gasteiger partial charge in [-0.1, -0.05) is 13.8 Å². The first-order valence-corrected chi connectivity index (χ1v) is 8.88. The molecule has 7 heteroatoms. The van der Waals surface area contributed by atoms with E-state index in [1.54, 1.807) is 11.8 Å². The molecule has 2 heterocycles. The van der Waals surface area contributed by atoms with Crippen LogP contribution in [0.15, 0.2) is 0 Å². The molecule has 2 saturated heterocycles. The molecule has 2 amide bonds. The van der Waals surface area contributed by atoms with Gasteiger partial charge in [0.1, 0.15) is 21.9 Å². The van der Waals surface area contributed by atoms with Gasteiger partial charge in [0.2, 0.25) is 11.8 Å². The van der Waals surface area contributed by atoms with Crippen molar-refractivity contribution in [3.05, 3.63) is 0 Å². The van der Waals surface area contributed by atoms with Gasteiger partial charge < -0.3 is 10.2 Å². The van der Waals surface area contributed by atoms with Crippen molar-refractivity contribution < 1.29 is 18.0 Å². The summed E-state index contributed by atoms with van der Waals surface area (Å²) in [7, 11) is -2.97. The monoisotopic (exact) mass is 302 g/mol. The third-order valence-electron chi connectivity index (χ3n) is 4.20. The van der Waals surface area contributed by atoms with E-state index < -0.39 is 21.9 Å². The molecule has 0 radical (unpaired) electrons. The summed E-state index contributed by atoms with van der Waals surface area (Å²) in [4.78, 5) is 26.2. The van der Waals surface area contributed by atoms with Crippen LogP contribution in [0.3, 0.4) is 0 Å². The lowest BCUT2D eigenvalue weighted by atomic mass is 9.95. The molecule has 0 aromatic heterocycles. The highest BCUT2D eigenvalue weighted by atomic mass is 32.2. The quantitative estimate of drug-likeness (QED) is 0.774. The zero-order valence-corrected chi connectivity index (χ0v) is 12.9. The lowest BCUT2D eigenvalue weighted by Gasteiger charge is -2.44. The Hall–Kier alpha value is -1.11. The molecule has 2 atom stereocenters. The van der Waals surface area contributed by atoms with Crippen LogP contribution in [0.1, 0.15) is 33.6 Å². The predicted molar refractivity (Wildman–Crippen MR) is 74.8 cm³/mol. The maximum Gasteiger partial charge on any atom is 0.246 e. The van der Waals surface area contributed by atoms with Crippen molar-refractivity contribution in [2.45, 2.75) is 51.7 Å². The van der Waals surface area contributed by atoms with E-state index in [1.807, 2.05) is 13.8 Å². The van der Waals surface area contributed by atoms with Gasteiger partial charge >= 0.3 is 0 Å². The summed E-state index contributed by atoms with van der Waals surface area (Å²) in [5.41, 5.74) is 0. The molecule has 2 fully saturated rings. The van der Waals surface area contributed by atoms with Crippen molar-refractivity contribution in [1.82, 2.24) is 10.2 Å². The average Bonchev–Trinajstić information content (AvgIpc) is 2.35. The van der Waals surface area contributed by atoms with Crippen LogP contribution in [0.2, 0.25) is 0 Å². The van der Waals surface area contributed by atoms with E-state index in [0.29, 0.717) is 12.8 Å². The van der Waals surface area contributed by atoms with Crippen molar-refractivity contribution in [2.75, 3.05) is 11.5 Å². The molecule has 1 N–H and O–H groups in total. The smallest absolute Gasteiger partial charge is 0.246 e. The second kappa shape index (κ2) is 5.35. The summed E-state index contributed by atoms with van der Waals surface area (Å²) in [6, 6.07) is -1.17. The molecule has 2 aliphatic heterocycles. The van der Waals surface area contributed by atoms with Gasteiger partial charge in [-0.3, -0.25) is 9.59 Å². The Morgan fingerprint density at radius 2 is 1.75 bits per heavy atom. The Morgan fingerprint density at radius 1 is 1.20 bits per heavy atom. The molecular formula is C13H22N2O4S. The van der Waals surface area contributed by atoms with Crippen LogP contribution in [0, 0.1) is 5.92 Å². The summed E-state index contributed by atoms with van der Waals surface area (Å²) < 4.78 is 23.0. The number of amides is 2. The van der Waals surface area contributed by atoms with Gasteiger partial charge in [0.25, 0.3) is 0 Å². The first kappa shape index (κ1) is 15.3. The number of nitrogens with zero attached hydrogens (tertiary/aromatic N) is 1. The first-order chi connectivity index (χ1) is 9.23. The van der Waals surface area contributed by atoms with Gasteiger partial charge in [0.15, 0.2) is 0 Å². The fourth-order valence-corrected chi connectivity index (χ4v) is 4.38. The maximum absolute atomic E-state index is 12.5. The van der Waals surface area contributed by atoms with E-state index in [2.05, 4.69) is 5.32 Å². The third kappa shape index (κ3) is 2.82. The molecule has 0 spiro atoms. The van der Waals surface area contributed by atoms with Gasteiger partial charge in [0.05, 0.1) is 11.5 Å². The lowest BCUT2D eigenvalue weighted by molar-refractivity contribution is -0.152. The molecular weight excluding hydrogens is 280 g/mol. The second-order valence-corrected chi connectivity index (χ2v) is 8.34. The van der Waals surface area contributed by atoms with Crippen molar-refractivity contribution in [3.8, 4) is 0 Å². The van der Waals surface area contributed by atoms with E-state index in [1.165, 1.54) is 0 Å². The Labute approximate surface area is 119 Å². The van der Waals surface area contributed by atoms with Crippen molar-refractivity contribution in [2.24, 2.45) is 5.92 Å². The van der Waals surface area contributed by atoms with Gasteiger partial charge in [-0.15, -0.1) is 0 Å². The summed E-state index contributed by atoms with van der Waals surface area (Å²) in [6.07, 6.45) is 0.854. The summed E-state index contributed by atoms with van der Waals surface area (Å²) in [5, 5.41) is 2.75. The zero-order valence-electron chi connectivity index (χ0n) is 12.1. The number of nitrogens with one attached hydrogen (secondary N) is 1. The van der Waals surface area contributed by atoms with Crippen LogP contribution < -0.4 is 5.32 Å². The van der Waals surface area contributed by atoms with Crippen LogP contribution in [0.4, 0.5) is 0 Å². The van der Waals surface area contributed by atoms with Crippen LogP contribution in [-0.4, -0.2) is 54.8 Å². The van der Waals surface area contributed by atoms with Crippen LogP contribution in [0.5, 0.6) is 0 Å². The Bertz CT molecular complexity index is 500. The van der Waals surface area contributed by atoms with Crippen molar-refractivity contribution in [3.63, 3.8) is 0 Å². The minimum atomic E-state index is -2.97. The number of carbonyl (C=O) groups excluding carboxylic acids is 2. The van der Waals surface area contributed by atoms with Crippen molar-refractivity contribution in [1.29, 1.82) is 0 Å². The SMILES string of the molecule is CC(C)C1NC(=O)C(C)N(C2CCS(=O)(=O)CC2)C1=O. The predicted octanol–water partition coefficient (Wildman–Crippen LogP) is -0.0649. The van der Waals surface area contributed by atoms with Crippen molar-refractivity contribution >= 4 is 21.7 Å². The largest absolute Gasteiger partial charge is 0.342 e. The highest BCUT2D eigenvalue weighted by Gasteiger charge is 2.43. The summed E-state index contributed by atoms with van der Waals surface area (Å²) in [5.74, 6) is -0.0218. The fourth-order valence-electron chi connectivity index (χ4n) is 2.92. The van der Waals surface area contributed by atoms with Gasteiger partial charge in [-0.25, -0.2) is 8.42 Å². The average molecular weight is 302 g/mol. The molecule has 6 nitrogen and oxygen atoms in total. The first-order valence-electron chi connectivity index (χ1n) is 7.06. The molecule has 0 aromatic carbocycles. The van der Waals surface area contributed by atoms with Gasteiger partial charge in [0, 0.05) is 6.04 Å². The van der Waals surface area contributed by atoms with Crippen LogP contribution in [-0.2, 0) is 19.4 Å². The highest BCUT2D eigenvalue weighted by molar-refractivity contribution is 7.91. The zero-order chi connectivity index (χ0) is 15.1. The molecule has 20 heavy (non-hydrogen) atoms. The number of carbonyl (C=O) groups is 2. The Balaban J connectivity index is 2.19.